The smallest absolute Gasteiger partial charge is 0.101 e. The third kappa shape index (κ3) is 2.81. The first kappa shape index (κ1) is 9.64. The fourth-order valence-electron chi connectivity index (χ4n) is 0.581. The van der Waals surface area contributed by atoms with Crippen LogP contribution < -0.4 is 0 Å². The Morgan fingerprint density at radius 1 is 1.45 bits per heavy atom. The zero-order chi connectivity index (χ0) is 8.69. The van der Waals surface area contributed by atoms with Crippen molar-refractivity contribution >= 4 is 0 Å². The number of aryl methyl sites for hydroxylation is 1. The van der Waals surface area contributed by atoms with Gasteiger partial charge in [0.05, 0.1) is 5.56 Å². The quantitative estimate of drug-likeness (QED) is 0.566. The Hall–Kier alpha value is -1.36. The lowest BCUT2D eigenvalue weighted by Gasteiger charge is -1.90. The number of hydrogen-bond acceptors (Lipinski definition) is 2. The Bertz CT molecular complexity index is 248. The van der Waals surface area contributed by atoms with Gasteiger partial charge in [-0.1, -0.05) is 13.8 Å². The van der Waals surface area contributed by atoms with Crippen LogP contribution in [-0.4, -0.2) is 4.98 Å². The van der Waals surface area contributed by atoms with Gasteiger partial charge < -0.3 is 0 Å². The number of hydrogen-bond donors (Lipinski definition) is 0. The van der Waals surface area contributed by atoms with Crippen LogP contribution in [-0.2, 0) is 0 Å². The zero-order valence-electron chi connectivity index (χ0n) is 7.13. The summed E-state index contributed by atoms with van der Waals surface area (Å²) >= 11 is 0. The summed E-state index contributed by atoms with van der Waals surface area (Å²) in [7, 11) is 0. The number of nitrogens with zero attached hydrogens (tertiary/aromatic N) is 2. The summed E-state index contributed by atoms with van der Waals surface area (Å²) < 4.78 is 0. The van der Waals surface area contributed by atoms with Gasteiger partial charge in [-0.25, -0.2) is 0 Å². The summed E-state index contributed by atoms with van der Waals surface area (Å²) in [5, 5.41) is 8.43. The van der Waals surface area contributed by atoms with Gasteiger partial charge in [-0.05, 0) is 18.6 Å². The molecule has 1 aromatic rings. The Morgan fingerprint density at radius 2 is 2.09 bits per heavy atom. The standard InChI is InChI=1S/C7H6N2.C2H6/c1-6-2-3-9-5-7(6)4-8;1-2/h2-3,5H,1H3;1-2H3. The van der Waals surface area contributed by atoms with E-state index in [1.165, 1.54) is 0 Å². The lowest BCUT2D eigenvalue weighted by Crippen LogP contribution is -1.81. The van der Waals surface area contributed by atoms with Gasteiger partial charge in [-0.15, -0.1) is 0 Å². The van der Waals surface area contributed by atoms with E-state index < -0.39 is 0 Å². The van der Waals surface area contributed by atoms with Crippen molar-refractivity contribution in [3.63, 3.8) is 0 Å². The minimum Gasteiger partial charge on any atom is -0.263 e. The Labute approximate surface area is 67.5 Å². The summed E-state index contributed by atoms with van der Waals surface area (Å²) in [5.41, 5.74) is 1.63. The van der Waals surface area contributed by atoms with E-state index in [1.54, 1.807) is 12.4 Å². The molecule has 0 aromatic carbocycles. The molecule has 0 aliphatic heterocycles. The number of pyridine rings is 1. The summed E-state index contributed by atoms with van der Waals surface area (Å²) in [5.74, 6) is 0. The molecule has 0 radical (unpaired) electrons. The molecule has 0 unspecified atom stereocenters. The van der Waals surface area contributed by atoms with E-state index in [1.807, 2.05) is 32.9 Å². The maximum Gasteiger partial charge on any atom is 0.101 e. The second-order valence-electron chi connectivity index (χ2n) is 1.80. The molecule has 11 heavy (non-hydrogen) atoms. The maximum atomic E-state index is 8.43. The largest absolute Gasteiger partial charge is 0.263 e. The Balaban J connectivity index is 0.000000461. The summed E-state index contributed by atoms with van der Waals surface area (Å²) in [6.07, 6.45) is 3.24. The van der Waals surface area contributed by atoms with Crippen LogP contribution >= 0.6 is 0 Å². The average molecular weight is 148 g/mol. The van der Waals surface area contributed by atoms with Crippen LogP contribution in [0.15, 0.2) is 18.5 Å². The normalized spacial score (nSPS) is 7.45. The predicted octanol–water partition coefficient (Wildman–Crippen LogP) is 2.29. The van der Waals surface area contributed by atoms with E-state index in [0.29, 0.717) is 5.56 Å². The lowest BCUT2D eigenvalue weighted by molar-refractivity contribution is 1.25. The van der Waals surface area contributed by atoms with Crippen molar-refractivity contribution in [2.45, 2.75) is 20.8 Å². The maximum absolute atomic E-state index is 8.43. The van der Waals surface area contributed by atoms with Gasteiger partial charge in [0.25, 0.3) is 0 Å². The molecule has 0 aliphatic carbocycles. The monoisotopic (exact) mass is 148 g/mol. The summed E-state index contributed by atoms with van der Waals surface area (Å²) in [6, 6.07) is 3.85. The molecule has 58 valence electrons. The topological polar surface area (TPSA) is 36.7 Å². The Kier molecular flexibility index (Phi) is 4.76. The molecule has 0 saturated carbocycles. The predicted molar refractivity (Wildman–Crippen MR) is 45.0 cm³/mol. The molecule has 0 amide bonds. The summed E-state index contributed by atoms with van der Waals surface area (Å²) in [6.45, 7) is 5.89. The molecule has 2 nitrogen and oxygen atoms in total. The van der Waals surface area contributed by atoms with Crippen LogP contribution in [0.3, 0.4) is 0 Å². The van der Waals surface area contributed by atoms with Crippen LogP contribution in [0.25, 0.3) is 0 Å². The first-order chi connectivity index (χ1) is 5.34. The fourth-order valence-corrected chi connectivity index (χ4v) is 0.581. The molecule has 1 rings (SSSR count). The minimum atomic E-state index is 0.650. The van der Waals surface area contributed by atoms with Crippen LogP contribution in [0.5, 0.6) is 0 Å². The molecule has 0 aliphatic rings. The van der Waals surface area contributed by atoms with E-state index in [9.17, 15) is 0 Å². The molecule has 0 N–H and O–H groups in total. The van der Waals surface area contributed by atoms with Crippen molar-refractivity contribution in [3.05, 3.63) is 29.6 Å². The molecular weight excluding hydrogens is 136 g/mol. The van der Waals surface area contributed by atoms with Gasteiger partial charge in [0.15, 0.2) is 0 Å². The van der Waals surface area contributed by atoms with Crippen molar-refractivity contribution in [2.75, 3.05) is 0 Å². The average Bonchev–Trinajstić information content (AvgIpc) is 2.09. The molecule has 1 aromatic heterocycles. The van der Waals surface area contributed by atoms with Crippen molar-refractivity contribution < 1.29 is 0 Å². The third-order valence-corrected chi connectivity index (χ3v) is 1.16. The first-order valence-electron chi connectivity index (χ1n) is 3.65. The van der Waals surface area contributed by atoms with Gasteiger partial charge in [0.1, 0.15) is 6.07 Å². The zero-order valence-corrected chi connectivity index (χ0v) is 7.13. The number of nitriles is 1. The molecule has 2 heteroatoms. The molecular formula is C9H12N2. The SMILES string of the molecule is CC.Cc1ccncc1C#N. The van der Waals surface area contributed by atoms with Gasteiger partial charge in [0.2, 0.25) is 0 Å². The molecule has 0 bridgehead atoms. The number of rotatable bonds is 0. The highest BCUT2D eigenvalue weighted by atomic mass is 14.6. The second kappa shape index (κ2) is 5.43. The molecule has 0 spiro atoms. The van der Waals surface area contributed by atoms with Crippen molar-refractivity contribution in [3.8, 4) is 6.07 Å². The fraction of sp³-hybridized carbons (Fsp3) is 0.333. The molecule has 1 heterocycles. The first-order valence-corrected chi connectivity index (χ1v) is 3.65. The highest BCUT2D eigenvalue weighted by Crippen LogP contribution is 2.00. The van der Waals surface area contributed by atoms with Gasteiger partial charge in [0, 0.05) is 12.4 Å². The van der Waals surface area contributed by atoms with E-state index in [-0.39, 0.29) is 0 Å². The second-order valence-corrected chi connectivity index (χ2v) is 1.80. The molecule has 0 atom stereocenters. The van der Waals surface area contributed by atoms with Crippen LogP contribution in [0, 0.1) is 18.3 Å². The van der Waals surface area contributed by atoms with E-state index in [0.717, 1.165) is 5.56 Å². The van der Waals surface area contributed by atoms with Crippen LogP contribution in [0.2, 0.25) is 0 Å². The third-order valence-electron chi connectivity index (χ3n) is 1.16. The molecule has 0 saturated heterocycles. The van der Waals surface area contributed by atoms with Gasteiger partial charge in [-0.3, -0.25) is 4.98 Å². The van der Waals surface area contributed by atoms with E-state index in [2.05, 4.69) is 4.98 Å². The van der Waals surface area contributed by atoms with E-state index >= 15 is 0 Å². The van der Waals surface area contributed by atoms with Crippen molar-refractivity contribution in [1.29, 1.82) is 5.26 Å². The highest BCUT2D eigenvalue weighted by molar-refractivity contribution is 5.32. The van der Waals surface area contributed by atoms with Crippen LogP contribution in [0.4, 0.5) is 0 Å². The van der Waals surface area contributed by atoms with Crippen LogP contribution in [0.1, 0.15) is 25.0 Å². The Morgan fingerprint density at radius 3 is 2.45 bits per heavy atom. The number of aromatic nitrogens is 1. The van der Waals surface area contributed by atoms with Crippen molar-refractivity contribution in [1.82, 2.24) is 4.98 Å². The lowest BCUT2D eigenvalue weighted by atomic mass is 10.2. The highest BCUT2D eigenvalue weighted by Gasteiger charge is 1.91. The minimum absolute atomic E-state index is 0.650. The van der Waals surface area contributed by atoms with Crippen molar-refractivity contribution in [2.24, 2.45) is 0 Å². The van der Waals surface area contributed by atoms with Gasteiger partial charge >= 0.3 is 0 Å². The van der Waals surface area contributed by atoms with Gasteiger partial charge in [-0.2, -0.15) is 5.26 Å². The summed E-state index contributed by atoms with van der Waals surface area (Å²) in [4.78, 5) is 3.79. The van der Waals surface area contributed by atoms with E-state index in [4.69, 9.17) is 5.26 Å². The molecule has 0 fully saturated rings.